The van der Waals surface area contributed by atoms with Gasteiger partial charge in [-0.1, -0.05) is 45.4 Å². The fourth-order valence-corrected chi connectivity index (χ4v) is 3.12. The fourth-order valence-electron chi connectivity index (χ4n) is 3.12. The lowest BCUT2D eigenvalue weighted by molar-refractivity contribution is -0.153. The van der Waals surface area contributed by atoms with E-state index in [0.29, 0.717) is 12.0 Å². The van der Waals surface area contributed by atoms with Crippen molar-refractivity contribution < 1.29 is 31.1 Å². The fraction of sp³-hybridized carbons (Fsp3) is 0.684. The monoisotopic (exact) mass is 384 g/mol. The minimum atomic E-state index is -4.54. The van der Waals surface area contributed by atoms with Gasteiger partial charge in [0.1, 0.15) is 5.82 Å². The second kappa shape index (κ2) is 11.3. The number of benzene rings is 1. The Labute approximate surface area is 150 Å². The van der Waals surface area contributed by atoms with Crippen molar-refractivity contribution in [3.8, 4) is 5.75 Å². The normalized spacial score (nSPS) is 20.3. The van der Waals surface area contributed by atoms with E-state index in [1.807, 2.05) is 0 Å². The van der Waals surface area contributed by atoms with Gasteiger partial charge in [0, 0.05) is 6.07 Å². The highest BCUT2D eigenvalue weighted by molar-refractivity contribution is 5.24. The third-order valence-electron chi connectivity index (χ3n) is 4.47. The molecule has 1 aromatic carbocycles. The van der Waals surface area contributed by atoms with Gasteiger partial charge in [0.05, 0.1) is 6.67 Å². The first kappa shape index (κ1) is 22.6. The maximum Gasteiger partial charge on any atom is 0.422 e. The van der Waals surface area contributed by atoms with Crippen molar-refractivity contribution >= 4 is 0 Å². The molecule has 0 N–H and O–H groups in total. The van der Waals surface area contributed by atoms with Gasteiger partial charge < -0.3 is 4.74 Å². The molecule has 1 aliphatic rings. The SMILES string of the molecule is CCCC1CCC(CCF)CC1.Fc1ccc(OCC(F)(F)F)c(F)c1. The number of ether oxygens (including phenoxy) is 1. The molecule has 1 aromatic rings. The van der Waals surface area contributed by atoms with Crippen molar-refractivity contribution in [1.29, 1.82) is 0 Å². The van der Waals surface area contributed by atoms with Crippen molar-refractivity contribution in [2.75, 3.05) is 13.3 Å². The summed E-state index contributed by atoms with van der Waals surface area (Å²) in [6.45, 7) is 0.548. The smallest absolute Gasteiger partial charge is 0.422 e. The molecule has 0 saturated heterocycles. The number of hydrogen-bond acceptors (Lipinski definition) is 1. The maximum atomic E-state index is 12.7. The molecule has 0 atom stereocenters. The molecule has 2 rings (SSSR count). The third kappa shape index (κ3) is 9.34. The molecule has 0 heterocycles. The van der Waals surface area contributed by atoms with Crippen LogP contribution >= 0.6 is 0 Å². The predicted molar refractivity (Wildman–Crippen MR) is 88.9 cm³/mol. The number of rotatable bonds is 6. The molecule has 1 nitrogen and oxygen atoms in total. The Kier molecular flexibility index (Phi) is 9.88. The van der Waals surface area contributed by atoms with Gasteiger partial charge in [0.25, 0.3) is 0 Å². The van der Waals surface area contributed by atoms with Crippen LogP contribution in [-0.4, -0.2) is 19.5 Å². The highest BCUT2D eigenvalue weighted by Crippen LogP contribution is 2.33. The van der Waals surface area contributed by atoms with Crippen LogP contribution in [0.2, 0.25) is 0 Å². The van der Waals surface area contributed by atoms with Crippen molar-refractivity contribution in [2.45, 2.75) is 58.0 Å². The van der Waals surface area contributed by atoms with Crippen molar-refractivity contribution in [3.63, 3.8) is 0 Å². The summed E-state index contributed by atoms with van der Waals surface area (Å²) in [6.07, 6.45) is 4.28. The van der Waals surface area contributed by atoms with Gasteiger partial charge in [0.2, 0.25) is 0 Å². The molecule has 1 fully saturated rings. The van der Waals surface area contributed by atoms with Crippen LogP contribution in [-0.2, 0) is 0 Å². The first-order valence-corrected chi connectivity index (χ1v) is 8.95. The summed E-state index contributed by atoms with van der Waals surface area (Å²) in [6, 6.07) is 2.07. The van der Waals surface area contributed by atoms with E-state index in [2.05, 4.69) is 11.7 Å². The molecular weight excluding hydrogens is 358 g/mol. The van der Waals surface area contributed by atoms with Crippen molar-refractivity contribution in [1.82, 2.24) is 0 Å². The van der Waals surface area contributed by atoms with Gasteiger partial charge in [-0.05, 0) is 30.4 Å². The highest BCUT2D eigenvalue weighted by atomic mass is 19.4. The van der Waals surface area contributed by atoms with E-state index in [9.17, 15) is 26.3 Å². The lowest BCUT2D eigenvalue weighted by atomic mass is 9.79. The van der Waals surface area contributed by atoms with Gasteiger partial charge in [-0.15, -0.1) is 0 Å². The van der Waals surface area contributed by atoms with E-state index >= 15 is 0 Å². The van der Waals surface area contributed by atoms with Crippen molar-refractivity contribution in [3.05, 3.63) is 29.8 Å². The van der Waals surface area contributed by atoms with Crippen LogP contribution in [0.5, 0.6) is 5.75 Å². The average Bonchev–Trinajstić information content (AvgIpc) is 2.56. The zero-order valence-electron chi connectivity index (χ0n) is 14.9. The lowest BCUT2D eigenvalue weighted by Crippen LogP contribution is -2.19. The topological polar surface area (TPSA) is 9.23 Å². The third-order valence-corrected chi connectivity index (χ3v) is 4.47. The molecule has 7 heteroatoms. The van der Waals surface area contributed by atoms with E-state index in [1.54, 1.807) is 0 Å². The van der Waals surface area contributed by atoms with E-state index in [1.165, 1.54) is 38.5 Å². The van der Waals surface area contributed by atoms with Crippen LogP contribution in [0.4, 0.5) is 26.3 Å². The molecule has 26 heavy (non-hydrogen) atoms. The molecule has 0 radical (unpaired) electrons. The summed E-state index contributed by atoms with van der Waals surface area (Å²) in [7, 11) is 0. The van der Waals surface area contributed by atoms with Crippen LogP contribution in [0.1, 0.15) is 51.9 Å². The molecule has 0 aliphatic heterocycles. The Hall–Kier alpha value is -1.40. The summed E-state index contributed by atoms with van der Waals surface area (Å²) in [5, 5.41) is 0. The molecule has 0 aromatic heterocycles. The Balaban J connectivity index is 0.000000263. The van der Waals surface area contributed by atoms with Gasteiger partial charge in [-0.3, -0.25) is 4.39 Å². The molecule has 0 unspecified atom stereocenters. The summed E-state index contributed by atoms with van der Waals surface area (Å²) >= 11 is 0. The maximum absolute atomic E-state index is 12.7. The molecular formula is C19H26F6O. The predicted octanol–water partition coefficient (Wildman–Crippen LogP) is 6.86. The Morgan fingerprint density at radius 3 is 2.04 bits per heavy atom. The lowest BCUT2D eigenvalue weighted by Gasteiger charge is -2.27. The quantitative estimate of drug-likeness (QED) is 0.487. The van der Waals surface area contributed by atoms with Gasteiger partial charge >= 0.3 is 6.18 Å². The van der Waals surface area contributed by atoms with E-state index in [4.69, 9.17) is 0 Å². The van der Waals surface area contributed by atoms with Gasteiger partial charge in [0.15, 0.2) is 18.2 Å². The zero-order valence-corrected chi connectivity index (χ0v) is 14.9. The summed E-state index contributed by atoms with van der Waals surface area (Å²) < 4.78 is 76.0. The van der Waals surface area contributed by atoms with Crippen LogP contribution < -0.4 is 4.74 Å². The minimum absolute atomic E-state index is 0.108. The zero-order chi connectivity index (χ0) is 19.6. The molecule has 1 saturated carbocycles. The van der Waals surface area contributed by atoms with Crippen molar-refractivity contribution in [2.24, 2.45) is 11.8 Å². The number of halogens is 6. The van der Waals surface area contributed by atoms with Crippen LogP contribution in [0.3, 0.4) is 0 Å². The largest absolute Gasteiger partial charge is 0.481 e. The van der Waals surface area contributed by atoms with Gasteiger partial charge in [-0.2, -0.15) is 13.2 Å². The highest BCUT2D eigenvalue weighted by Gasteiger charge is 2.28. The Morgan fingerprint density at radius 1 is 1.00 bits per heavy atom. The summed E-state index contributed by atoms with van der Waals surface area (Å²) in [5.74, 6) is -0.978. The summed E-state index contributed by atoms with van der Waals surface area (Å²) in [5.41, 5.74) is 0. The molecule has 150 valence electrons. The summed E-state index contributed by atoms with van der Waals surface area (Å²) in [4.78, 5) is 0. The molecule has 0 bridgehead atoms. The Bertz CT molecular complexity index is 495. The second-order valence-corrected chi connectivity index (χ2v) is 6.63. The average molecular weight is 384 g/mol. The molecule has 1 aliphatic carbocycles. The van der Waals surface area contributed by atoms with Crippen LogP contribution in [0.15, 0.2) is 18.2 Å². The van der Waals surface area contributed by atoms with Crippen LogP contribution in [0, 0.1) is 23.5 Å². The number of alkyl halides is 4. The van der Waals surface area contributed by atoms with Crippen LogP contribution in [0.25, 0.3) is 0 Å². The second-order valence-electron chi connectivity index (χ2n) is 6.63. The van der Waals surface area contributed by atoms with Gasteiger partial charge in [-0.25, -0.2) is 8.78 Å². The first-order chi connectivity index (χ1) is 12.2. The number of hydrogen-bond donors (Lipinski definition) is 0. The minimum Gasteiger partial charge on any atom is -0.481 e. The van der Waals surface area contributed by atoms with E-state index < -0.39 is 30.2 Å². The Morgan fingerprint density at radius 2 is 1.58 bits per heavy atom. The molecule has 0 spiro atoms. The molecule has 0 amide bonds. The van der Waals surface area contributed by atoms with E-state index in [-0.39, 0.29) is 6.67 Å². The first-order valence-electron chi connectivity index (χ1n) is 8.95. The standard InChI is InChI=1S/C11H21F.C8H5F5O/c1-2-3-10-4-6-11(7-5-10)8-9-12;9-5-1-2-7(6(10)3-5)14-4-8(11,12)13/h10-11H,2-9H2,1H3;1-3H,4H2. The van der Waals surface area contributed by atoms with E-state index in [0.717, 1.165) is 24.5 Å².